The van der Waals surface area contributed by atoms with Crippen LogP contribution < -0.4 is 5.19 Å². The highest BCUT2D eigenvalue weighted by Gasteiger charge is 2.15. The lowest BCUT2D eigenvalue weighted by Gasteiger charge is -2.16. The van der Waals surface area contributed by atoms with E-state index in [9.17, 15) is 0 Å². The summed E-state index contributed by atoms with van der Waals surface area (Å²) >= 11 is 1.70. The van der Waals surface area contributed by atoms with Crippen LogP contribution in [-0.4, -0.2) is 18.0 Å². The monoisotopic (exact) mass is 302 g/mol. The first kappa shape index (κ1) is 15.3. The lowest BCUT2D eigenvalue weighted by Crippen LogP contribution is -2.37. The zero-order valence-corrected chi connectivity index (χ0v) is 14.7. The molecule has 0 aliphatic carbocycles. The molecule has 2 nitrogen and oxygen atoms in total. The van der Waals surface area contributed by atoms with Crippen LogP contribution in [0.1, 0.15) is 17.0 Å². The van der Waals surface area contributed by atoms with Gasteiger partial charge in [0.25, 0.3) is 0 Å². The van der Waals surface area contributed by atoms with Gasteiger partial charge in [0, 0.05) is 17.1 Å². The Morgan fingerprint density at radius 3 is 2.00 bits per heavy atom. The van der Waals surface area contributed by atoms with Gasteiger partial charge in [-0.15, -0.1) is 0 Å². The SMILES string of the molecule is Cc1cc(C)nc(SCc2ccc([Si](C)(C)C)cc2)n1. The molecule has 1 heterocycles. The average molecular weight is 303 g/mol. The van der Waals surface area contributed by atoms with Gasteiger partial charge in [0.15, 0.2) is 5.16 Å². The summed E-state index contributed by atoms with van der Waals surface area (Å²) in [5, 5.41) is 2.38. The van der Waals surface area contributed by atoms with Crippen LogP contribution in [0.3, 0.4) is 0 Å². The van der Waals surface area contributed by atoms with E-state index in [-0.39, 0.29) is 0 Å². The van der Waals surface area contributed by atoms with E-state index in [1.165, 1.54) is 10.8 Å². The predicted molar refractivity (Wildman–Crippen MR) is 90.5 cm³/mol. The van der Waals surface area contributed by atoms with E-state index in [4.69, 9.17) is 0 Å². The molecule has 0 aliphatic rings. The van der Waals surface area contributed by atoms with Gasteiger partial charge in [0.1, 0.15) is 0 Å². The minimum Gasteiger partial charge on any atom is -0.228 e. The molecule has 2 aromatic rings. The van der Waals surface area contributed by atoms with Crippen molar-refractivity contribution in [2.24, 2.45) is 0 Å². The summed E-state index contributed by atoms with van der Waals surface area (Å²) in [7, 11) is -1.19. The van der Waals surface area contributed by atoms with Crippen molar-refractivity contribution >= 4 is 25.0 Å². The number of rotatable bonds is 4. The summed E-state index contributed by atoms with van der Waals surface area (Å²) in [6.45, 7) is 11.2. The normalized spacial score (nSPS) is 11.7. The van der Waals surface area contributed by atoms with Crippen LogP contribution >= 0.6 is 11.8 Å². The summed E-state index contributed by atoms with van der Waals surface area (Å²) < 4.78 is 0. The second kappa shape index (κ2) is 6.10. The Hall–Kier alpha value is -1.13. The molecule has 0 fully saturated rings. The molecule has 0 spiro atoms. The van der Waals surface area contributed by atoms with Gasteiger partial charge in [-0.2, -0.15) is 0 Å². The number of aromatic nitrogens is 2. The molecule has 1 aromatic carbocycles. The Kier molecular flexibility index (Phi) is 4.65. The zero-order chi connectivity index (χ0) is 14.8. The topological polar surface area (TPSA) is 25.8 Å². The van der Waals surface area contributed by atoms with Gasteiger partial charge in [-0.1, -0.05) is 60.9 Å². The number of benzene rings is 1. The highest BCUT2D eigenvalue weighted by molar-refractivity contribution is 7.98. The molecule has 0 radical (unpaired) electrons. The van der Waals surface area contributed by atoms with Crippen LogP contribution in [0.4, 0.5) is 0 Å². The first-order chi connectivity index (χ1) is 9.34. The fourth-order valence-corrected chi connectivity index (χ4v) is 4.08. The van der Waals surface area contributed by atoms with E-state index >= 15 is 0 Å². The van der Waals surface area contributed by atoms with Gasteiger partial charge in [-0.05, 0) is 25.5 Å². The van der Waals surface area contributed by atoms with Crippen molar-refractivity contribution in [3.8, 4) is 0 Å². The molecule has 0 atom stereocenters. The maximum atomic E-state index is 4.46. The Labute approximate surface area is 127 Å². The Morgan fingerprint density at radius 2 is 1.50 bits per heavy atom. The van der Waals surface area contributed by atoms with Crippen LogP contribution in [0.5, 0.6) is 0 Å². The van der Waals surface area contributed by atoms with Crippen LogP contribution in [0.2, 0.25) is 19.6 Å². The number of thioether (sulfide) groups is 1. The number of nitrogens with zero attached hydrogens (tertiary/aromatic N) is 2. The fraction of sp³-hybridized carbons (Fsp3) is 0.375. The molecule has 0 unspecified atom stereocenters. The van der Waals surface area contributed by atoms with Crippen molar-refractivity contribution in [3.63, 3.8) is 0 Å². The van der Waals surface area contributed by atoms with Crippen molar-refractivity contribution in [2.45, 2.75) is 44.4 Å². The van der Waals surface area contributed by atoms with E-state index in [1.807, 2.05) is 19.9 Å². The molecule has 20 heavy (non-hydrogen) atoms. The third-order valence-electron chi connectivity index (χ3n) is 3.15. The Morgan fingerprint density at radius 1 is 0.950 bits per heavy atom. The van der Waals surface area contributed by atoms with E-state index < -0.39 is 8.07 Å². The molecule has 0 saturated carbocycles. The van der Waals surface area contributed by atoms with E-state index in [2.05, 4.69) is 53.9 Å². The largest absolute Gasteiger partial charge is 0.228 e. The van der Waals surface area contributed by atoms with Crippen LogP contribution in [0.15, 0.2) is 35.5 Å². The molecule has 4 heteroatoms. The third kappa shape index (κ3) is 4.18. The van der Waals surface area contributed by atoms with Gasteiger partial charge < -0.3 is 0 Å². The minimum absolute atomic E-state index is 0.872. The van der Waals surface area contributed by atoms with Gasteiger partial charge in [-0.3, -0.25) is 0 Å². The molecule has 106 valence electrons. The summed E-state index contributed by atoms with van der Waals surface area (Å²) in [6, 6.07) is 11.0. The summed E-state index contributed by atoms with van der Waals surface area (Å²) in [6.07, 6.45) is 0. The van der Waals surface area contributed by atoms with E-state index in [1.54, 1.807) is 11.8 Å². The second-order valence-corrected chi connectivity index (χ2v) is 12.2. The summed E-state index contributed by atoms with van der Waals surface area (Å²) in [5.74, 6) is 0.925. The van der Waals surface area contributed by atoms with Crippen LogP contribution in [0.25, 0.3) is 0 Å². The van der Waals surface area contributed by atoms with Crippen molar-refractivity contribution < 1.29 is 0 Å². The summed E-state index contributed by atoms with van der Waals surface area (Å²) in [5.41, 5.74) is 3.41. The summed E-state index contributed by atoms with van der Waals surface area (Å²) in [4.78, 5) is 8.93. The van der Waals surface area contributed by atoms with Crippen molar-refractivity contribution in [2.75, 3.05) is 0 Å². The lowest BCUT2D eigenvalue weighted by molar-refractivity contribution is 0.902. The van der Waals surface area contributed by atoms with Gasteiger partial charge in [0.05, 0.1) is 8.07 Å². The molecular weight excluding hydrogens is 280 g/mol. The predicted octanol–water partition coefficient (Wildman–Crippen LogP) is 3.93. The first-order valence-corrected chi connectivity index (χ1v) is 11.4. The first-order valence-electron chi connectivity index (χ1n) is 6.89. The van der Waals surface area contributed by atoms with Crippen molar-refractivity contribution in [1.82, 2.24) is 9.97 Å². The standard InChI is InChI=1S/C16H22N2SSi/c1-12-10-13(2)18-16(17-12)19-11-14-6-8-15(9-7-14)20(3,4)5/h6-10H,11H2,1-5H3. The zero-order valence-electron chi connectivity index (χ0n) is 12.9. The molecule has 2 rings (SSSR count). The molecular formula is C16H22N2SSi. The second-order valence-electron chi connectivity index (χ2n) is 6.17. The maximum Gasteiger partial charge on any atom is 0.188 e. The van der Waals surface area contributed by atoms with Crippen molar-refractivity contribution in [3.05, 3.63) is 47.3 Å². The molecule has 0 saturated heterocycles. The van der Waals surface area contributed by atoms with Gasteiger partial charge >= 0.3 is 0 Å². The molecule has 1 aromatic heterocycles. The number of hydrogen-bond acceptors (Lipinski definition) is 3. The van der Waals surface area contributed by atoms with Crippen LogP contribution in [-0.2, 0) is 5.75 Å². The molecule has 0 bridgehead atoms. The Bertz CT molecular complexity index is 568. The highest BCUT2D eigenvalue weighted by atomic mass is 32.2. The van der Waals surface area contributed by atoms with E-state index in [0.29, 0.717) is 0 Å². The fourth-order valence-electron chi connectivity index (χ4n) is 2.01. The Balaban J connectivity index is 2.04. The van der Waals surface area contributed by atoms with Crippen LogP contribution in [0, 0.1) is 13.8 Å². The third-order valence-corrected chi connectivity index (χ3v) is 6.13. The molecule has 0 N–H and O–H groups in total. The number of aryl methyl sites for hydroxylation is 2. The highest BCUT2D eigenvalue weighted by Crippen LogP contribution is 2.19. The molecule has 0 amide bonds. The smallest absolute Gasteiger partial charge is 0.188 e. The van der Waals surface area contributed by atoms with Gasteiger partial charge in [-0.25, -0.2) is 9.97 Å². The van der Waals surface area contributed by atoms with Gasteiger partial charge in [0.2, 0.25) is 0 Å². The lowest BCUT2D eigenvalue weighted by atomic mass is 10.2. The molecule has 0 aliphatic heterocycles. The minimum atomic E-state index is -1.19. The van der Waals surface area contributed by atoms with E-state index in [0.717, 1.165) is 22.3 Å². The quantitative estimate of drug-likeness (QED) is 0.486. The number of hydrogen-bond donors (Lipinski definition) is 0. The average Bonchev–Trinajstić information content (AvgIpc) is 2.35. The maximum absolute atomic E-state index is 4.46. The van der Waals surface area contributed by atoms with Crippen molar-refractivity contribution in [1.29, 1.82) is 0 Å².